The lowest BCUT2D eigenvalue weighted by Gasteiger charge is -2.07. The zero-order valence-electron chi connectivity index (χ0n) is 18.4. The SMILES string of the molecule is CCNCc1ccc(-c2cc(-c3cncc(-c4ccc(S(=O)C(C)C)cc4)n3)on2)cc1. The van der Waals surface area contributed by atoms with Gasteiger partial charge < -0.3 is 9.84 Å². The molecule has 2 heterocycles. The Labute approximate surface area is 190 Å². The van der Waals surface area contributed by atoms with Gasteiger partial charge in [-0.2, -0.15) is 0 Å². The van der Waals surface area contributed by atoms with Gasteiger partial charge in [-0.25, -0.2) is 4.98 Å². The molecular formula is C25H26N4O2S. The topological polar surface area (TPSA) is 80.9 Å². The highest BCUT2D eigenvalue weighted by atomic mass is 32.2. The van der Waals surface area contributed by atoms with Crippen molar-refractivity contribution in [3.05, 3.63) is 72.6 Å². The van der Waals surface area contributed by atoms with Gasteiger partial charge in [-0.3, -0.25) is 9.19 Å². The summed E-state index contributed by atoms with van der Waals surface area (Å²) in [5.41, 5.74) is 5.19. The first-order chi connectivity index (χ1) is 15.5. The Morgan fingerprint density at radius 1 is 0.938 bits per heavy atom. The van der Waals surface area contributed by atoms with Gasteiger partial charge in [-0.15, -0.1) is 0 Å². The van der Waals surface area contributed by atoms with Crippen LogP contribution in [-0.4, -0.2) is 31.1 Å². The van der Waals surface area contributed by atoms with E-state index in [1.54, 1.807) is 12.4 Å². The summed E-state index contributed by atoms with van der Waals surface area (Å²) in [6, 6.07) is 17.7. The van der Waals surface area contributed by atoms with Gasteiger partial charge in [-0.1, -0.05) is 62.3 Å². The quantitative estimate of drug-likeness (QED) is 0.406. The van der Waals surface area contributed by atoms with Crippen molar-refractivity contribution in [2.45, 2.75) is 37.5 Å². The molecule has 6 nitrogen and oxygen atoms in total. The number of nitrogens with zero attached hydrogens (tertiary/aromatic N) is 3. The number of hydrogen-bond donors (Lipinski definition) is 1. The molecule has 1 unspecified atom stereocenters. The highest BCUT2D eigenvalue weighted by molar-refractivity contribution is 7.85. The Bertz CT molecular complexity index is 1200. The van der Waals surface area contributed by atoms with E-state index >= 15 is 0 Å². The molecule has 0 fully saturated rings. The van der Waals surface area contributed by atoms with Crippen LogP contribution in [-0.2, 0) is 17.3 Å². The monoisotopic (exact) mass is 446 g/mol. The lowest BCUT2D eigenvalue weighted by Crippen LogP contribution is -2.11. The van der Waals surface area contributed by atoms with Crippen LogP contribution >= 0.6 is 0 Å². The maximum atomic E-state index is 12.3. The minimum Gasteiger partial charge on any atom is -0.354 e. The Balaban J connectivity index is 1.54. The van der Waals surface area contributed by atoms with Crippen LogP contribution < -0.4 is 5.32 Å². The van der Waals surface area contributed by atoms with Gasteiger partial charge in [-0.05, 0) is 24.2 Å². The summed E-state index contributed by atoms with van der Waals surface area (Å²) in [5, 5.41) is 7.61. The molecule has 0 amide bonds. The summed E-state index contributed by atoms with van der Waals surface area (Å²) >= 11 is 0. The lowest BCUT2D eigenvalue weighted by molar-refractivity contribution is 0.433. The highest BCUT2D eigenvalue weighted by Gasteiger charge is 2.13. The fraction of sp³-hybridized carbons (Fsp3) is 0.240. The Hall–Kier alpha value is -3.16. The predicted octanol–water partition coefficient (Wildman–Crippen LogP) is 5.09. The van der Waals surface area contributed by atoms with Crippen molar-refractivity contribution < 1.29 is 8.73 Å². The van der Waals surface area contributed by atoms with E-state index in [-0.39, 0.29) is 5.25 Å². The number of benzene rings is 2. The second kappa shape index (κ2) is 9.97. The molecule has 0 saturated heterocycles. The predicted molar refractivity (Wildman–Crippen MR) is 127 cm³/mol. The Morgan fingerprint density at radius 2 is 1.59 bits per heavy atom. The van der Waals surface area contributed by atoms with Gasteiger partial charge in [0.1, 0.15) is 11.4 Å². The van der Waals surface area contributed by atoms with Crippen LogP contribution in [0.5, 0.6) is 0 Å². The summed E-state index contributed by atoms with van der Waals surface area (Å²) in [4.78, 5) is 9.83. The van der Waals surface area contributed by atoms with Gasteiger partial charge in [0.15, 0.2) is 5.76 Å². The Morgan fingerprint density at radius 3 is 2.28 bits per heavy atom. The fourth-order valence-corrected chi connectivity index (χ4v) is 4.20. The van der Waals surface area contributed by atoms with Crippen molar-refractivity contribution in [3.8, 4) is 34.0 Å². The van der Waals surface area contributed by atoms with E-state index in [1.165, 1.54) is 5.56 Å². The number of aromatic nitrogens is 3. The molecule has 0 aliphatic rings. The molecule has 2 aromatic heterocycles. The molecule has 1 N–H and O–H groups in total. The second-order valence-corrected chi connectivity index (χ2v) is 9.72. The largest absolute Gasteiger partial charge is 0.354 e. The molecule has 0 bridgehead atoms. The molecule has 32 heavy (non-hydrogen) atoms. The lowest BCUT2D eigenvalue weighted by atomic mass is 10.1. The molecular weight excluding hydrogens is 420 g/mol. The molecule has 0 radical (unpaired) electrons. The molecule has 0 spiro atoms. The van der Waals surface area contributed by atoms with Gasteiger partial charge in [0.2, 0.25) is 0 Å². The second-order valence-electron chi connectivity index (χ2n) is 7.71. The average Bonchev–Trinajstić information content (AvgIpc) is 3.33. The van der Waals surface area contributed by atoms with Crippen molar-refractivity contribution >= 4 is 10.8 Å². The van der Waals surface area contributed by atoms with E-state index < -0.39 is 10.8 Å². The molecule has 0 aliphatic heterocycles. The number of nitrogens with one attached hydrogen (secondary N) is 1. The molecule has 2 aromatic carbocycles. The fourth-order valence-electron chi connectivity index (χ4n) is 3.25. The van der Waals surface area contributed by atoms with Gasteiger partial charge >= 0.3 is 0 Å². The van der Waals surface area contributed by atoms with E-state index in [4.69, 9.17) is 9.51 Å². The molecule has 4 aromatic rings. The summed E-state index contributed by atoms with van der Waals surface area (Å²) < 4.78 is 17.8. The first-order valence-corrected chi connectivity index (χ1v) is 11.9. The van der Waals surface area contributed by atoms with Crippen LogP contribution in [0.2, 0.25) is 0 Å². The van der Waals surface area contributed by atoms with E-state index in [1.807, 2.05) is 56.3 Å². The highest BCUT2D eigenvalue weighted by Crippen LogP contribution is 2.27. The molecule has 0 saturated carbocycles. The summed E-state index contributed by atoms with van der Waals surface area (Å²) in [6.45, 7) is 7.77. The summed E-state index contributed by atoms with van der Waals surface area (Å²) in [6.07, 6.45) is 3.37. The van der Waals surface area contributed by atoms with Gasteiger partial charge in [0, 0.05) is 33.9 Å². The van der Waals surface area contributed by atoms with Crippen LogP contribution in [0.15, 0.2) is 76.4 Å². The zero-order chi connectivity index (χ0) is 22.5. The van der Waals surface area contributed by atoms with Crippen LogP contribution in [0.4, 0.5) is 0 Å². The van der Waals surface area contributed by atoms with E-state index in [0.29, 0.717) is 11.5 Å². The van der Waals surface area contributed by atoms with Crippen LogP contribution in [0, 0.1) is 0 Å². The molecule has 1 atom stereocenters. The standard InChI is InChI=1S/C25H26N4O2S/c1-4-26-14-18-5-7-19(8-6-18)22-13-25(31-29-22)24-16-27-15-23(28-24)20-9-11-21(12-10-20)32(30)17(2)3/h5-13,15-17,26H,4,14H2,1-3H3. The first kappa shape index (κ1) is 22.0. The Kier molecular flexibility index (Phi) is 6.87. The van der Waals surface area contributed by atoms with Crippen LogP contribution in [0.25, 0.3) is 34.0 Å². The third-order valence-electron chi connectivity index (χ3n) is 5.04. The summed E-state index contributed by atoms with van der Waals surface area (Å²) in [5.74, 6) is 0.559. The van der Waals surface area contributed by atoms with Crippen LogP contribution in [0.1, 0.15) is 26.3 Å². The van der Waals surface area contributed by atoms with Crippen LogP contribution in [0.3, 0.4) is 0 Å². The van der Waals surface area contributed by atoms with Crippen molar-refractivity contribution in [1.82, 2.24) is 20.4 Å². The number of hydrogen-bond acceptors (Lipinski definition) is 6. The van der Waals surface area contributed by atoms with E-state index in [2.05, 4.69) is 34.5 Å². The zero-order valence-corrected chi connectivity index (χ0v) is 19.2. The van der Waals surface area contributed by atoms with Gasteiger partial charge in [0.05, 0.1) is 28.9 Å². The van der Waals surface area contributed by atoms with Crippen molar-refractivity contribution in [3.63, 3.8) is 0 Å². The molecule has 0 aliphatic carbocycles. The van der Waals surface area contributed by atoms with Crippen molar-refractivity contribution in [2.24, 2.45) is 0 Å². The molecule has 4 rings (SSSR count). The third kappa shape index (κ3) is 5.00. The van der Waals surface area contributed by atoms with Crippen molar-refractivity contribution in [1.29, 1.82) is 0 Å². The van der Waals surface area contributed by atoms with E-state index in [0.717, 1.165) is 40.5 Å². The first-order valence-electron chi connectivity index (χ1n) is 10.7. The maximum absolute atomic E-state index is 12.3. The molecule has 164 valence electrons. The van der Waals surface area contributed by atoms with Gasteiger partial charge in [0.25, 0.3) is 0 Å². The summed E-state index contributed by atoms with van der Waals surface area (Å²) in [7, 11) is -1.02. The average molecular weight is 447 g/mol. The minimum absolute atomic E-state index is 0.0776. The molecule has 7 heteroatoms. The number of rotatable bonds is 8. The minimum atomic E-state index is -1.02. The smallest absolute Gasteiger partial charge is 0.187 e. The maximum Gasteiger partial charge on any atom is 0.187 e. The van der Waals surface area contributed by atoms with Crippen molar-refractivity contribution in [2.75, 3.05) is 6.54 Å². The normalized spacial score (nSPS) is 12.2. The van der Waals surface area contributed by atoms with E-state index in [9.17, 15) is 4.21 Å². The third-order valence-corrected chi connectivity index (χ3v) is 6.63.